The standard InChI is InChI=1S/C20H19FN2O/c21-16-9-7-14(8-10-16)19-6-3-11-23(19)20(24)12-15-13-22-18-5-2-1-4-17(15)18/h1-2,4-5,7-10,13,19,22H,3,6,11-12H2. The molecular formula is C20H19FN2O. The van der Waals surface area contributed by atoms with Crippen LogP contribution in [0.25, 0.3) is 10.9 Å². The highest BCUT2D eigenvalue weighted by Gasteiger charge is 2.30. The Morgan fingerprint density at radius 2 is 1.96 bits per heavy atom. The number of amides is 1. The first-order valence-electron chi connectivity index (χ1n) is 8.32. The zero-order valence-corrected chi connectivity index (χ0v) is 13.3. The molecule has 2 aromatic carbocycles. The minimum Gasteiger partial charge on any atom is -0.361 e. The van der Waals surface area contributed by atoms with Crippen LogP contribution in [0.4, 0.5) is 4.39 Å². The van der Waals surface area contributed by atoms with Gasteiger partial charge in [0.05, 0.1) is 12.5 Å². The second kappa shape index (κ2) is 6.11. The number of hydrogen-bond acceptors (Lipinski definition) is 1. The number of aromatic amines is 1. The first kappa shape index (κ1) is 14.9. The van der Waals surface area contributed by atoms with Crippen LogP contribution >= 0.6 is 0 Å². The smallest absolute Gasteiger partial charge is 0.227 e. The topological polar surface area (TPSA) is 36.1 Å². The van der Waals surface area contributed by atoms with Crippen molar-refractivity contribution in [3.8, 4) is 0 Å². The van der Waals surface area contributed by atoms with Gasteiger partial charge in [-0.15, -0.1) is 0 Å². The molecule has 1 N–H and O–H groups in total. The van der Waals surface area contributed by atoms with E-state index in [1.54, 1.807) is 12.1 Å². The highest BCUT2D eigenvalue weighted by Crippen LogP contribution is 2.33. The predicted octanol–water partition coefficient (Wildman–Crippen LogP) is 4.21. The van der Waals surface area contributed by atoms with Crippen molar-refractivity contribution in [2.24, 2.45) is 0 Å². The van der Waals surface area contributed by atoms with E-state index in [0.29, 0.717) is 6.42 Å². The van der Waals surface area contributed by atoms with Gasteiger partial charge in [0.15, 0.2) is 0 Å². The number of nitrogens with one attached hydrogen (secondary N) is 1. The van der Waals surface area contributed by atoms with Gasteiger partial charge >= 0.3 is 0 Å². The third-order valence-electron chi connectivity index (χ3n) is 4.84. The number of hydrogen-bond donors (Lipinski definition) is 1. The van der Waals surface area contributed by atoms with Crippen molar-refractivity contribution in [2.45, 2.75) is 25.3 Å². The SMILES string of the molecule is O=C(Cc1c[nH]c2ccccc12)N1CCCC1c1ccc(F)cc1. The van der Waals surface area contributed by atoms with Crippen molar-refractivity contribution in [1.82, 2.24) is 9.88 Å². The number of rotatable bonds is 3. The van der Waals surface area contributed by atoms with Crippen LogP contribution in [-0.4, -0.2) is 22.3 Å². The zero-order valence-electron chi connectivity index (χ0n) is 13.3. The summed E-state index contributed by atoms with van der Waals surface area (Å²) in [6, 6.07) is 14.6. The number of halogens is 1. The number of aromatic nitrogens is 1. The van der Waals surface area contributed by atoms with E-state index < -0.39 is 0 Å². The molecule has 2 heterocycles. The van der Waals surface area contributed by atoms with Crippen LogP contribution in [0.5, 0.6) is 0 Å². The number of fused-ring (bicyclic) bond motifs is 1. The lowest BCUT2D eigenvalue weighted by Crippen LogP contribution is -2.31. The van der Waals surface area contributed by atoms with Gasteiger partial charge in [-0.3, -0.25) is 4.79 Å². The molecule has 3 aromatic rings. The average Bonchev–Trinajstić information content (AvgIpc) is 3.23. The summed E-state index contributed by atoms with van der Waals surface area (Å²) < 4.78 is 13.1. The van der Waals surface area contributed by atoms with E-state index in [1.807, 2.05) is 35.4 Å². The van der Waals surface area contributed by atoms with Gasteiger partial charge in [-0.05, 0) is 42.2 Å². The molecule has 1 aromatic heterocycles. The number of para-hydroxylation sites is 1. The second-order valence-corrected chi connectivity index (χ2v) is 6.33. The summed E-state index contributed by atoms with van der Waals surface area (Å²) >= 11 is 0. The normalized spacial score (nSPS) is 17.5. The van der Waals surface area contributed by atoms with Crippen LogP contribution in [0.2, 0.25) is 0 Å². The van der Waals surface area contributed by atoms with Crippen molar-refractivity contribution >= 4 is 16.8 Å². The largest absolute Gasteiger partial charge is 0.361 e. The number of likely N-dealkylation sites (tertiary alicyclic amines) is 1. The van der Waals surface area contributed by atoms with Crippen LogP contribution in [0.1, 0.15) is 30.0 Å². The van der Waals surface area contributed by atoms with E-state index in [1.165, 1.54) is 12.1 Å². The molecule has 4 heteroatoms. The van der Waals surface area contributed by atoms with E-state index >= 15 is 0 Å². The van der Waals surface area contributed by atoms with Crippen LogP contribution < -0.4 is 0 Å². The second-order valence-electron chi connectivity index (χ2n) is 6.33. The molecule has 1 saturated heterocycles. The summed E-state index contributed by atoms with van der Waals surface area (Å²) in [5.74, 6) is -0.111. The Hall–Kier alpha value is -2.62. The fourth-order valence-corrected chi connectivity index (χ4v) is 3.64. The summed E-state index contributed by atoms with van der Waals surface area (Å²) in [5, 5.41) is 1.10. The third-order valence-corrected chi connectivity index (χ3v) is 4.84. The Morgan fingerprint density at radius 1 is 1.17 bits per heavy atom. The Morgan fingerprint density at radius 3 is 2.79 bits per heavy atom. The Bertz CT molecular complexity index is 869. The quantitative estimate of drug-likeness (QED) is 0.770. The van der Waals surface area contributed by atoms with E-state index in [2.05, 4.69) is 4.98 Å². The molecule has 0 aliphatic carbocycles. The molecule has 0 spiro atoms. The molecule has 1 unspecified atom stereocenters. The summed E-state index contributed by atoms with van der Waals surface area (Å²) in [6.45, 7) is 0.767. The monoisotopic (exact) mass is 322 g/mol. The maximum absolute atomic E-state index is 13.1. The van der Waals surface area contributed by atoms with Gasteiger partial charge in [-0.25, -0.2) is 4.39 Å². The summed E-state index contributed by atoms with van der Waals surface area (Å²) in [5.41, 5.74) is 3.10. The molecule has 3 nitrogen and oxygen atoms in total. The maximum atomic E-state index is 13.1. The first-order chi connectivity index (χ1) is 11.7. The summed E-state index contributed by atoms with van der Waals surface area (Å²) in [7, 11) is 0. The predicted molar refractivity (Wildman–Crippen MR) is 92.1 cm³/mol. The Balaban J connectivity index is 1.56. The lowest BCUT2D eigenvalue weighted by Gasteiger charge is -2.25. The molecule has 0 radical (unpaired) electrons. The number of nitrogens with zero attached hydrogens (tertiary/aromatic N) is 1. The molecule has 1 aliphatic heterocycles. The van der Waals surface area contributed by atoms with Gasteiger partial charge < -0.3 is 9.88 Å². The average molecular weight is 322 g/mol. The lowest BCUT2D eigenvalue weighted by molar-refractivity contribution is -0.131. The molecule has 24 heavy (non-hydrogen) atoms. The van der Waals surface area contributed by atoms with E-state index in [0.717, 1.165) is 41.4 Å². The molecule has 4 rings (SSSR count). The number of carbonyl (C=O) groups is 1. The minimum absolute atomic E-state index is 0.0586. The Kier molecular flexibility index (Phi) is 3.81. The van der Waals surface area contributed by atoms with E-state index in [9.17, 15) is 9.18 Å². The number of carbonyl (C=O) groups excluding carboxylic acids is 1. The van der Waals surface area contributed by atoms with E-state index in [-0.39, 0.29) is 17.8 Å². The number of benzene rings is 2. The Labute approximate surface area is 140 Å². The fraction of sp³-hybridized carbons (Fsp3) is 0.250. The first-order valence-corrected chi connectivity index (χ1v) is 8.32. The zero-order chi connectivity index (χ0) is 16.5. The van der Waals surface area contributed by atoms with Gasteiger partial charge in [-0.2, -0.15) is 0 Å². The van der Waals surface area contributed by atoms with Crippen molar-refractivity contribution in [2.75, 3.05) is 6.54 Å². The molecule has 1 fully saturated rings. The molecule has 1 aliphatic rings. The van der Waals surface area contributed by atoms with Crippen molar-refractivity contribution in [3.63, 3.8) is 0 Å². The molecule has 122 valence electrons. The molecule has 0 bridgehead atoms. The maximum Gasteiger partial charge on any atom is 0.227 e. The summed E-state index contributed by atoms with van der Waals surface area (Å²) in [6.07, 6.45) is 4.24. The van der Waals surface area contributed by atoms with Gasteiger partial charge in [-0.1, -0.05) is 30.3 Å². The van der Waals surface area contributed by atoms with Crippen molar-refractivity contribution in [3.05, 3.63) is 71.7 Å². The fourth-order valence-electron chi connectivity index (χ4n) is 3.64. The number of H-pyrrole nitrogens is 1. The molecule has 1 amide bonds. The molecule has 1 atom stereocenters. The van der Waals surface area contributed by atoms with Crippen molar-refractivity contribution in [1.29, 1.82) is 0 Å². The van der Waals surface area contributed by atoms with Crippen molar-refractivity contribution < 1.29 is 9.18 Å². The molecular weight excluding hydrogens is 303 g/mol. The van der Waals surface area contributed by atoms with Crippen LogP contribution in [0, 0.1) is 5.82 Å². The van der Waals surface area contributed by atoms with E-state index in [4.69, 9.17) is 0 Å². The van der Waals surface area contributed by atoms with Crippen LogP contribution in [0.3, 0.4) is 0 Å². The van der Waals surface area contributed by atoms with Gasteiger partial charge in [0.2, 0.25) is 5.91 Å². The van der Waals surface area contributed by atoms with Crippen LogP contribution in [-0.2, 0) is 11.2 Å². The van der Waals surface area contributed by atoms with Crippen LogP contribution in [0.15, 0.2) is 54.7 Å². The van der Waals surface area contributed by atoms with Gasteiger partial charge in [0, 0.05) is 23.6 Å². The summed E-state index contributed by atoms with van der Waals surface area (Å²) in [4.78, 5) is 18.0. The third kappa shape index (κ3) is 2.68. The highest BCUT2D eigenvalue weighted by atomic mass is 19.1. The minimum atomic E-state index is -0.242. The highest BCUT2D eigenvalue weighted by molar-refractivity contribution is 5.89. The van der Waals surface area contributed by atoms with Gasteiger partial charge in [0.25, 0.3) is 0 Å². The van der Waals surface area contributed by atoms with Gasteiger partial charge in [0.1, 0.15) is 5.82 Å². The molecule has 0 saturated carbocycles. The lowest BCUT2D eigenvalue weighted by atomic mass is 10.0.